The number of nitrogens with one attached hydrogen (secondary N) is 1. The van der Waals surface area contributed by atoms with Gasteiger partial charge in [-0.1, -0.05) is 0 Å². The van der Waals surface area contributed by atoms with E-state index in [0.717, 1.165) is 19.2 Å². The lowest BCUT2D eigenvalue weighted by Crippen LogP contribution is -2.43. The summed E-state index contributed by atoms with van der Waals surface area (Å²) in [5, 5.41) is 14.1. The number of nitrogens with zero attached hydrogens (tertiary/aromatic N) is 2. The summed E-state index contributed by atoms with van der Waals surface area (Å²) in [7, 11) is 1.34. The molecular weight excluding hydrogens is 241 g/mol. The van der Waals surface area contributed by atoms with Gasteiger partial charge in [0.15, 0.2) is 11.6 Å². The number of halogens is 1. The molecule has 1 aliphatic rings. The monoisotopic (exact) mass is 255 g/mol. The minimum atomic E-state index is -0.719. The Balaban J connectivity index is 2.44. The fourth-order valence-electron chi connectivity index (χ4n) is 1.99. The van der Waals surface area contributed by atoms with E-state index in [-0.39, 0.29) is 11.4 Å². The van der Waals surface area contributed by atoms with Crippen LogP contribution in [0, 0.1) is 15.9 Å². The van der Waals surface area contributed by atoms with E-state index in [2.05, 4.69) is 5.32 Å². The summed E-state index contributed by atoms with van der Waals surface area (Å²) >= 11 is 0. The molecule has 1 N–H and O–H groups in total. The Morgan fingerprint density at radius 2 is 2.11 bits per heavy atom. The summed E-state index contributed by atoms with van der Waals surface area (Å²) < 4.78 is 18.4. The molecule has 6 nitrogen and oxygen atoms in total. The van der Waals surface area contributed by atoms with E-state index in [1.54, 1.807) is 0 Å². The van der Waals surface area contributed by atoms with Crippen LogP contribution in [0.25, 0.3) is 0 Å². The predicted molar refractivity (Wildman–Crippen MR) is 64.7 cm³/mol. The van der Waals surface area contributed by atoms with Gasteiger partial charge in [-0.05, 0) is 0 Å². The predicted octanol–water partition coefficient (Wildman–Crippen LogP) is 1.15. The van der Waals surface area contributed by atoms with Crippen molar-refractivity contribution in [2.24, 2.45) is 0 Å². The number of benzene rings is 1. The smallest absolute Gasteiger partial charge is 0.295 e. The van der Waals surface area contributed by atoms with Gasteiger partial charge in [-0.2, -0.15) is 0 Å². The van der Waals surface area contributed by atoms with Gasteiger partial charge in [0.2, 0.25) is 0 Å². The van der Waals surface area contributed by atoms with Crippen LogP contribution in [0.15, 0.2) is 12.1 Å². The van der Waals surface area contributed by atoms with Gasteiger partial charge in [-0.15, -0.1) is 0 Å². The molecule has 1 saturated heterocycles. The van der Waals surface area contributed by atoms with Crippen LogP contribution in [-0.4, -0.2) is 38.2 Å². The average Bonchev–Trinajstić information content (AvgIpc) is 2.39. The average molecular weight is 255 g/mol. The second-order valence-electron chi connectivity index (χ2n) is 3.97. The molecule has 0 aliphatic carbocycles. The SMILES string of the molecule is COc1cc(N2CCNCC2)c([N+](=O)[O-])cc1F. The molecule has 1 aromatic rings. The van der Waals surface area contributed by atoms with Crippen molar-refractivity contribution < 1.29 is 14.1 Å². The molecule has 7 heteroatoms. The number of ether oxygens (including phenoxy) is 1. The quantitative estimate of drug-likeness (QED) is 0.648. The molecule has 0 radical (unpaired) electrons. The van der Waals surface area contributed by atoms with Crippen LogP contribution in [0.2, 0.25) is 0 Å². The Kier molecular flexibility index (Phi) is 3.61. The van der Waals surface area contributed by atoms with Crippen molar-refractivity contribution in [2.45, 2.75) is 0 Å². The van der Waals surface area contributed by atoms with E-state index >= 15 is 0 Å². The van der Waals surface area contributed by atoms with Gasteiger partial charge >= 0.3 is 0 Å². The summed E-state index contributed by atoms with van der Waals surface area (Å²) in [5.74, 6) is -0.697. The summed E-state index contributed by atoms with van der Waals surface area (Å²) in [6, 6.07) is 2.30. The van der Waals surface area contributed by atoms with E-state index in [9.17, 15) is 14.5 Å². The Morgan fingerprint density at radius 3 is 2.67 bits per heavy atom. The molecule has 1 heterocycles. The number of hydrogen-bond acceptors (Lipinski definition) is 5. The van der Waals surface area contributed by atoms with Crippen molar-refractivity contribution in [1.29, 1.82) is 0 Å². The molecular formula is C11H14FN3O3. The topological polar surface area (TPSA) is 67.6 Å². The van der Waals surface area contributed by atoms with Crippen molar-refractivity contribution >= 4 is 11.4 Å². The second-order valence-corrected chi connectivity index (χ2v) is 3.97. The molecule has 1 aliphatic heterocycles. The number of nitro benzene ring substituents is 1. The van der Waals surface area contributed by atoms with Gasteiger partial charge in [0, 0.05) is 32.2 Å². The minimum absolute atomic E-state index is 0.0223. The molecule has 0 amide bonds. The molecule has 1 aromatic carbocycles. The number of nitro groups is 1. The lowest BCUT2D eigenvalue weighted by molar-refractivity contribution is -0.384. The number of methoxy groups -OCH3 is 1. The molecule has 98 valence electrons. The zero-order valence-electron chi connectivity index (χ0n) is 9.98. The highest BCUT2D eigenvalue weighted by Gasteiger charge is 2.24. The van der Waals surface area contributed by atoms with Crippen LogP contribution in [0.5, 0.6) is 5.75 Å². The highest BCUT2D eigenvalue weighted by Crippen LogP contribution is 2.34. The van der Waals surface area contributed by atoms with Crippen LogP contribution in [-0.2, 0) is 0 Å². The lowest BCUT2D eigenvalue weighted by Gasteiger charge is -2.29. The summed E-state index contributed by atoms with van der Waals surface area (Å²) in [6.45, 7) is 2.79. The summed E-state index contributed by atoms with van der Waals surface area (Å²) in [6.07, 6.45) is 0. The van der Waals surface area contributed by atoms with Gasteiger partial charge in [-0.3, -0.25) is 10.1 Å². The maximum Gasteiger partial charge on any atom is 0.295 e. The Labute approximate surface area is 103 Å². The van der Waals surface area contributed by atoms with Crippen LogP contribution < -0.4 is 15.0 Å². The largest absolute Gasteiger partial charge is 0.494 e. The molecule has 0 saturated carbocycles. The van der Waals surface area contributed by atoms with Crippen molar-refractivity contribution in [2.75, 3.05) is 38.2 Å². The molecule has 18 heavy (non-hydrogen) atoms. The number of piperazine rings is 1. The highest BCUT2D eigenvalue weighted by molar-refractivity contribution is 5.66. The molecule has 0 atom stereocenters. The Hall–Kier alpha value is -1.89. The fourth-order valence-corrected chi connectivity index (χ4v) is 1.99. The Morgan fingerprint density at radius 1 is 1.44 bits per heavy atom. The van der Waals surface area contributed by atoms with Crippen molar-refractivity contribution in [3.8, 4) is 5.75 Å². The molecule has 1 fully saturated rings. The normalized spacial score (nSPS) is 15.6. The first-order valence-electron chi connectivity index (χ1n) is 5.61. The van der Waals surface area contributed by atoms with Gasteiger partial charge in [0.25, 0.3) is 5.69 Å². The molecule has 2 rings (SSSR count). The van der Waals surface area contributed by atoms with E-state index in [1.165, 1.54) is 13.2 Å². The summed E-state index contributed by atoms with van der Waals surface area (Å²) in [4.78, 5) is 12.3. The van der Waals surface area contributed by atoms with Crippen LogP contribution >= 0.6 is 0 Å². The second kappa shape index (κ2) is 5.18. The third kappa shape index (κ3) is 2.35. The maximum absolute atomic E-state index is 13.5. The molecule has 0 spiro atoms. The van der Waals surface area contributed by atoms with Crippen molar-refractivity contribution in [3.05, 3.63) is 28.1 Å². The van der Waals surface area contributed by atoms with Gasteiger partial charge < -0.3 is 15.0 Å². The standard InChI is InChI=1S/C11H14FN3O3/c1-18-11-7-9(14-4-2-13-3-5-14)10(15(16)17)6-8(11)12/h6-7,13H,2-5H2,1H3. The van der Waals surface area contributed by atoms with E-state index in [0.29, 0.717) is 18.8 Å². The van der Waals surface area contributed by atoms with Crippen LogP contribution in [0.4, 0.5) is 15.8 Å². The van der Waals surface area contributed by atoms with E-state index in [1.807, 2.05) is 4.90 Å². The number of hydrogen-bond donors (Lipinski definition) is 1. The van der Waals surface area contributed by atoms with E-state index < -0.39 is 10.7 Å². The van der Waals surface area contributed by atoms with Gasteiger partial charge in [0.05, 0.1) is 18.1 Å². The number of rotatable bonds is 3. The van der Waals surface area contributed by atoms with Gasteiger partial charge in [-0.25, -0.2) is 4.39 Å². The first-order valence-corrected chi connectivity index (χ1v) is 5.61. The van der Waals surface area contributed by atoms with Crippen LogP contribution in [0.3, 0.4) is 0 Å². The van der Waals surface area contributed by atoms with Gasteiger partial charge in [0.1, 0.15) is 5.69 Å². The minimum Gasteiger partial charge on any atom is -0.494 e. The van der Waals surface area contributed by atoms with E-state index in [4.69, 9.17) is 4.74 Å². The molecule has 0 unspecified atom stereocenters. The molecule has 0 bridgehead atoms. The third-order valence-electron chi connectivity index (χ3n) is 2.90. The maximum atomic E-state index is 13.5. The van der Waals surface area contributed by atoms with Crippen molar-refractivity contribution in [1.82, 2.24) is 5.32 Å². The lowest BCUT2D eigenvalue weighted by atomic mass is 10.2. The summed E-state index contributed by atoms with van der Waals surface area (Å²) in [5.41, 5.74) is 0.176. The first kappa shape index (κ1) is 12.6. The zero-order chi connectivity index (χ0) is 13.1. The van der Waals surface area contributed by atoms with Crippen molar-refractivity contribution in [3.63, 3.8) is 0 Å². The fraction of sp³-hybridized carbons (Fsp3) is 0.455. The molecule has 0 aromatic heterocycles. The van der Waals surface area contributed by atoms with Crippen LogP contribution in [0.1, 0.15) is 0 Å². The number of anilines is 1. The first-order chi connectivity index (χ1) is 8.63. The zero-order valence-corrected chi connectivity index (χ0v) is 9.98. The Bertz CT molecular complexity index is 461. The highest BCUT2D eigenvalue weighted by atomic mass is 19.1. The third-order valence-corrected chi connectivity index (χ3v) is 2.90.